The molecule has 0 aromatic heterocycles. The Labute approximate surface area is 218 Å². The molecule has 0 aliphatic heterocycles. The molecule has 0 saturated heterocycles. The molecular formula is C32H67Cl. The highest BCUT2D eigenvalue weighted by molar-refractivity contribution is 5.85. The van der Waals surface area contributed by atoms with Gasteiger partial charge < -0.3 is 0 Å². The third-order valence-corrected chi connectivity index (χ3v) is 7.99. The molecule has 0 bridgehead atoms. The minimum atomic E-state index is 0. The molecule has 0 radical (unpaired) electrons. The predicted octanol–water partition coefficient (Wildman–Crippen LogP) is 13.0. The Morgan fingerprint density at radius 1 is 0.273 bits per heavy atom. The SMILES string of the molecule is CCCCCCCCCCCCCCCCCCCC(CCCC)(CCCC)CCCC.Cl. The summed E-state index contributed by atoms with van der Waals surface area (Å²) in [5, 5.41) is 0. The lowest BCUT2D eigenvalue weighted by Crippen LogP contribution is -2.21. The Morgan fingerprint density at radius 2 is 0.485 bits per heavy atom. The van der Waals surface area contributed by atoms with Gasteiger partial charge >= 0.3 is 0 Å². The normalized spacial score (nSPS) is 11.6. The van der Waals surface area contributed by atoms with Gasteiger partial charge in [-0.1, -0.05) is 175 Å². The predicted molar refractivity (Wildman–Crippen MR) is 157 cm³/mol. The van der Waals surface area contributed by atoms with E-state index >= 15 is 0 Å². The minimum Gasteiger partial charge on any atom is -0.147 e. The van der Waals surface area contributed by atoms with Crippen molar-refractivity contribution in [1.29, 1.82) is 0 Å². The van der Waals surface area contributed by atoms with Crippen molar-refractivity contribution in [3.63, 3.8) is 0 Å². The van der Waals surface area contributed by atoms with Crippen LogP contribution in [-0.4, -0.2) is 0 Å². The number of hydrogen-bond acceptors (Lipinski definition) is 0. The van der Waals surface area contributed by atoms with Crippen LogP contribution in [0.1, 0.15) is 201 Å². The van der Waals surface area contributed by atoms with E-state index in [2.05, 4.69) is 27.7 Å². The second-order valence-electron chi connectivity index (χ2n) is 11.2. The van der Waals surface area contributed by atoms with Crippen LogP contribution in [0.4, 0.5) is 0 Å². The highest BCUT2D eigenvalue weighted by Gasteiger charge is 2.27. The van der Waals surface area contributed by atoms with Gasteiger partial charge in [-0.15, -0.1) is 12.4 Å². The fraction of sp³-hybridized carbons (Fsp3) is 1.00. The molecule has 0 unspecified atom stereocenters. The van der Waals surface area contributed by atoms with E-state index in [0.29, 0.717) is 5.41 Å². The zero-order chi connectivity index (χ0) is 23.6. The molecule has 1 heteroatoms. The van der Waals surface area contributed by atoms with Crippen LogP contribution in [0.25, 0.3) is 0 Å². The molecule has 0 rings (SSSR count). The Bertz CT molecular complexity index is 316. The van der Waals surface area contributed by atoms with Gasteiger partial charge in [-0.3, -0.25) is 0 Å². The molecule has 0 amide bonds. The van der Waals surface area contributed by atoms with Gasteiger partial charge in [0.25, 0.3) is 0 Å². The highest BCUT2D eigenvalue weighted by atomic mass is 35.5. The first-order valence-corrected chi connectivity index (χ1v) is 15.7. The van der Waals surface area contributed by atoms with Gasteiger partial charge in [0.15, 0.2) is 0 Å². The fourth-order valence-corrected chi connectivity index (χ4v) is 5.63. The van der Waals surface area contributed by atoms with Gasteiger partial charge in [-0.05, 0) is 31.1 Å². The molecule has 0 aromatic rings. The molecule has 0 aliphatic carbocycles. The van der Waals surface area contributed by atoms with E-state index < -0.39 is 0 Å². The first-order chi connectivity index (χ1) is 15.7. The monoisotopic (exact) mass is 486 g/mol. The molecule has 0 heterocycles. The third kappa shape index (κ3) is 23.8. The molecule has 0 atom stereocenters. The second-order valence-corrected chi connectivity index (χ2v) is 11.2. The summed E-state index contributed by atoms with van der Waals surface area (Å²) in [7, 11) is 0. The Morgan fingerprint density at radius 3 is 0.758 bits per heavy atom. The van der Waals surface area contributed by atoms with Crippen molar-refractivity contribution < 1.29 is 0 Å². The second kappa shape index (κ2) is 28.5. The molecular weight excluding hydrogens is 420 g/mol. The maximum absolute atomic E-state index is 2.38. The van der Waals surface area contributed by atoms with Crippen LogP contribution in [0.3, 0.4) is 0 Å². The Hall–Kier alpha value is 0.290. The first kappa shape index (κ1) is 35.5. The first-order valence-electron chi connectivity index (χ1n) is 15.7. The highest BCUT2D eigenvalue weighted by Crippen LogP contribution is 2.41. The van der Waals surface area contributed by atoms with Crippen molar-refractivity contribution in [1.82, 2.24) is 0 Å². The van der Waals surface area contributed by atoms with Gasteiger partial charge in [0.05, 0.1) is 0 Å². The quantitative estimate of drug-likeness (QED) is 0.101. The van der Waals surface area contributed by atoms with Crippen molar-refractivity contribution in [2.75, 3.05) is 0 Å². The number of rotatable bonds is 27. The fourth-order valence-electron chi connectivity index (χ4n) is 5.63. The van der Waals surface area contributed by atoms with E-state index in [4.69, 9.17) is 0 Å². The number of unbranched alkanes of at least 4 members (excludes halogenated alkanes) is 19. The van der Waals surface area contributed by atoms with Crippen LogP contribution in [-0.2, 0) is 0 Å². The van der Waals surface area contributed by atoms with Gasteiger partial charge in [0.1, 0.15) is 0 Å². The van der Waals surface area contributed by atoms with Crippen LogP contribution in [0.2, 0.25) is 0 Å². The van der Waals surface area contributed by atoms with Gasteiger partial charge in [0.2, 0.25) is 0 Å². The van der Waals surface area contributed by atoms with E-state index in [1.54, 1.807) is 0 Å². The molecule has 0 spiro atoms. The van der Waals surface area contributed by atoms with Crippen LogP contribution in [0.15, 0.2) is 0 Å². The summed E-state index contributed by atoms with van der Waals surface area (Å²) in [5.41, 5.74) is 0.692. The molecule has 0 aliphatic rings. The van der Waals surface area contributed by atoms with E-state index in [9.17, 15) is 0 Å². The van der Waals surface area contributed by atoms with Gasteiger partial charge in [-0.2, -0.15) is 0 Å². The standard InChI is InChI=1S/C32H66.ClH/c1-5-9-13-14-15-16-17-18-19-20-21-22-23-24-25-26-27-31-32(28-10-6-2,29-11-7-3)30-12-8-4;/h5-31H2,1-4H3;1H. The van der Waals surface area contributed by atoms with Crippen molar-refractivity contribution in [2.45, 2.75) is 201 Å². The molecule has 202 valence electrons. The maximum Gasteiger partial charge on any atom is -0.0297 e. The van der Waals surface area contributed by atoms with E-state index in [1.165, 1.54) is 173 Å². The van der Waals surface area contributed by atoms with Gasteiger partial charge in [0, 0.05) is 0 Å². The summed E-state index contributed by atoms with van der Waals surface area (Å²) < 4.78 is 0. The number of hydrogen-bond donors (Lipinski definition) is 0. The summed E-state index contributed by atoms with van der Waals surface area (Å²) in [5.74, 6) is 0. The lowest BCUT2D eigenvalue weighted by atomic mass is 9.71. The Balaban J connectivity index is 0. The minimum absolute atomic E-state index is 0. The van der Waals surface area contributed by atoms with Crippen LogP contribution in [0, 0.1) is 5.41 Å². The lowest BCUT2D eigenvalue weighted by molar-refractivity contribution is 0.175. The smallest absolute Gasteiger partial charge is 0.0297 e. The van der Waals surface area contributed by atoms with Crippen molar-refractivity contribution in [3.8, 4) is 0 Å². The zero-order valence-electron chi connectivity index (χ0n) is 24.0. The third-order valence-electron chi connectivity index (χ3n) is 7.99. The topological polar surface area (TPSA) is 0 Å². The van der Waals surface area contributed by atoms with Crippen LogP contribution >= 0.6 is 12.4 Å². The molecule has 0 N–H and O–H groups in total. The molecule has 0 fully saturated rings. The zero-order valence-corrected chi connectivity index (χ0v) is 24.8. The van der Waals surface area contributed by atoms with Crippen LogP contribution in [0.5, 0.6) is 0 Å². The average molecular weight is 487 g/mol. The summed E-state index contributed by atoms with van der Waals surface area (Å²) >= 11 is 0. The number of halogens is 1. The summed E-state index contributed by atoms with van der Waals surface area (Å²) in [6.45, 7) is 9.43. The van der Waals surface area contributed by atoms with Gasteiger partial charge in [-0.25, -0.2) is 0 Å². The molecule has 33 heavy (non-hydrogen) atoms. The Kier molecular flexibility index (Phi) is 30.6. The summed E-state index contributed by atoms with van der Waals surface area (Å²) in [6.07, 6.45) is 39.6. The molecule has 0 aromatic carbocycles. The van der Waals surface area contributed by atoms with Crippen LogP contribution < -0.4 is 0 Å². The van der Waals surface area contributed by atoms with E-state index in [1.807, 2.05) is 0 Å². The maximum atomic E-state index is 2.38. The largest absolute Gasteiger partial charge is 0.147 e. The summed E-state index contributed by atoms with van der Waals surface area (Å²) in [4.78, 5) is 0. The van der Waals surface area contributed by atoms with Crippen molar-refractivity contribution in [3.05, 3.63) is 0 Å². The average Bonchev–Trinajstić information content (AvgIpc) is 2.81. The van der Waals surface area contributed by atoms with Crippen molar-refractivity contribution in [2.24, 2.45) is 5.41 Å². The summed E-state index contributed by atoms with van der Waals surface area (Å²) in [6, 6.07) is 0. The molecule has 0 saturated carbocycles. The molecule has 0 nitrogen and oxygen atoms in total. The van der Waals surface area contributed by atoms with E-state index in [0.717, 1.165) is 0 Å². The van der Waals surface area contributed by atoms with Crippen molar-refractivity contribution >= 4 is 12.4 Å². The van der Waals surface area contributed by atoms with E-state index in [-0.39, 0.29) is 12.4 Å². The lowest BCUT2D eigenvalue weighted by Gasteiger charge is -2.35.